The molecule has 1 aromatic carbocycles. The number of nitrogens with two attached hydrogens (primary N) is 1. The Morgan fingerprint density at radius 1 is 1.30 bits per heavy atom. The standard InChI is InChI=1S/C12H12F3N3O2/c13-6-2-3-7(9(15)8(6)14)17-11(19)12(4-1-5-12)10(16)18-20/h2-3,20H,1,4-5H2,(H2,16,18)(H,17,19). The summed E-state index contributed by atoms with van der Waals surface area (Å²) in [5.41, 5.74) is 3.75. The molecule has 1 amide bonds. The Labute approximate surface area is 112 Å². The summed E-state index contributed by atoms with van der Waals surface area (Å²) in [5.74, 6) is -5.52. The van der Waals surface area contributed by atoms with Gasteiger partial charge in [0.25, 0.3) is 0 Å². The average Bonchev–Trinajstić information content (AvgIpc) is 2.38. The molecule has 5 nitrogen and oxygen atoms in total. The lowest BCUT2D eigenvalue weighted by Gasteiger charge is -2.38. The van der Waals surface area contributed by atoms with Crippen LogP contribution in [-0.2, 0) is 4.79 Å². The minimum absolute atomic E-state index is 0.288. The normalized spacial score (nSPS) is 17.4. The molecule has 108 valence electrons. The van der Waals surface area contributed by atoms with E-state index in [2.05, 4.69) is 10.5 Å². The highest BCUT2D eigenvalue weighted by Gasteiger charge is 2.48. The Morgan fingerprint density at radius 3 is 2.45 bits per heavy atom. The summed E-state index contributed by atoms with van der Waals surface area (Å²) in [4.78, 5) is 12.1. The first kappa shape index (κ1) is 14.2. The van der Waals surface area contributed by atoms with Crippen LogP contribution in [0, 0.1) is 22.9 Å². The molecule has 0 heterocycles. The lowest BCUT2D eigenvalue weighted by atomic mass is 9.67. The molecule has 0 spiro atoms. The van der Waals surface area contributed by atoms with Crippen molar-refractivity contribution in [1.29, 1.82) is 0 Å². The summed E-state index contributed by atoms with van der Waals surface area (Å²) in [6.07, 6.45) is 1.35. The van der Waals surface area contributed by atoms with Gasteiger partial charge in [0.15, 0.2) is 23.3 Å². The van der Waals surface area contributed by atoms with Crippen LogP contribution in [-0.4, -0.2) is 17.0 Å². The average molecular weight is 287 g/mol. The summed E-state index contributed by atoms with van der Waals surface area (Å²) in [5, 5.41) is 13.6. The molecular formula is C12H12F3N3O2. The van der Waals surface area contributed by atoms with E-state index in [0.717, 1.165) is 6.07 Å². The molecule has 1 saturated carbocycles. The van der Waals surface area contributed by atoms with Gasteiger partial charge in [-0.15, -0.1) is 0 Å². The van der Waals surface area contributed by atoms with E-state index in [4.69, 9.17) is 10.9 Å². The number of anilines is 1. The number of nitrogens with one attached hydrogen (secondary N) is 1. The van der Waals surface area contributed by atoms with Crippen LogP contribution in [0.25, 0.3) is 0 Å². The molecule has 0 unspecified atom stereocenters. The number of oxime groups is 1. The van der Waals surface area contributed by atoms with Crippen LogP contribution in [0.4, 0.5) is 18.9 Å². The van der Waals surface area contributed by atoms with Crippen LogP contribution >= 0.6 is 0 Å². The molecule has 1 aliphatic carbocycles. The maximum Gasteiger partial charge on any atom is 0.238 e. The first-order chi connectivity index (χ1) is 9.42. The maximum atomic E-state index is 13.5. The quantitative estimate of drug-likeness (QED) is 0.261. The van der Waals surface area contributed by atoms with Gasteiger partial charge in [0.2, 0.25) is 5.91 Å². The van der Waals surface area contributed by atoms with Crippen molar-refractivity contribution in [2.45, 2.75) is 19.3 Å². The molecule has 0 saturated heterocycles. The van der Waals surface area contributed by atoms with Crippen molar-refractivity contribution in [3.8, 4) is 0 Å². The second kappa shape index (κ2) is 5.03. The third-order valence-electron chi connectivity index (χ3n) is 3.52. The van der Waals surface area contributed by atoms with Crippen LogP contribution < -0.4 is 11.1 Å². The number of rotatable bonds is 3. The monoisotopic (exact) mass is 287 g/mol. The van der Waals surface area contributed by atoms with Crippen molar-refractivity contribution in [2.24, 2.45) is 16.3 Å². The first-order valence-corrected chi connectivity index (χ1v) is 5.85. The lowest BCUT2D eigenvalue weighted by Crippen LogP contribution is -2.51. The van der Waals surface area contributed by atoms with Gasteiger partial charge in [-0.1, -0.05) is 11.6 Å². The number of amidine groups is 1. The summed E-state index contributed by atoms with van der Waals surface area (Å²) in [6.45, 7) is 0. The summed E-state index contributed by atoms with van der Waals surface area (Å²) in [6, 6.07) is 1.61. The Bertz CT molecular complexity index is 586. The fourth-order valence-corrected chi connectivity index (χ4v) is 2.09. The van der Waals surface area contributed by atoms with Crippen LogP contribution in [0.2, 0.25) is 0 Å². The molecule has 0 radical (unpaired) electrons. The second-order valence-corrected chi connectivity index (χ2v) is 4.60. The summed E-state index contributed by atoms with van der Waals surface area (Å²) in [7, 11) is 0. The van der Waals surface area contributed by atoms with Gasteiger partial charge in [-0.05, 0) is 25.0 Å². The maximum absolute atomic E-state index is 13.5. The number of carbonyl (C=O) groups excluding carboxylic acids is 1. The minimum Gasteiger partial charge on any atom is -0.409 e. The van der Waals surface area contributed by atoms with Crippen molar-refractivity contribution < 1.29 is 23.2 Å². The molecule has 1 aromatic rings. The van der Waals surface area contributed by atoms with E-state index in [1.807, 2.05) is 0 Å². The van der Waals surface area contributed by atoms with Crippen LogP contribution in [0.15, 0.2) is 17.3 Å². The zero-order valence-corrected chi connectivity index (χ0v) is 10.3. The number of amides is 1. The van der Waals surface area contributed by atoms with Crippen LogP contribution in [0.5, 0.6) is 0 Å². The summed E-state index contributed by atoms with van der Waals surface area (Å²) < 4.78 is 39.3. The summed E-state index contributed by atoms with van der Waals surface area (Å²) >= 11 is 0. The molecule has 0 atom stereocenters. The molecule has 1 aliphatic rings. The number of halogens is 3. The molecular weight excluding hydrogens is 275 g/mol. The fourth-order valence-electron chi connectivity index (χ4n) is 2.09. The molecule has 0 bridgehead atoms. The lowest BCUT2D eigenvalue weighted by molar-refractivity contribution is -0.125. The number of nitrogens with zero attached hydrogens (tertiary/aromatic N) is 1. The number of benzene rings is 1. The van der Waals surface area contributed by atoms with Crippen molar-refractivity contribution in [1.82, 2.24) is 0 Å². The predicted octanol–water partition coefficient (Wildman–Crippen LogP) is 1.96. The highest BCUT2D eigenvalue weighted by Crippen LogP contribution is 2.42. The van der Waals surface area contributed by atoms with Gasteiger partial charge < -0.3 is 16.3 Å². The number of hydrogen-bond donors (Lipinski definition) is 3. The van der Waals surface area contributed by atoms with E-state index in [1.54, 1.807) is 0 Å². The van der Waals surface area contributed by atoms with E-state index < -0.39 is 34.5 Å². The highest BCUT2D eigenvalue weighted by atomic mass is 19.2. The van der Waals surface area contributed by atoms with Crippen molar-refractivity contribution >= 4 is 17.4 Å². The van der Waals surface area contributed by atoms with Gasteiger partial charge in [-0.3, -0.25) is 4.79 Å². The SMILES string of the molecule is N/C(=N/O)C1(C(=O)Nc2ccc(F)c(F)c2F)CCC1. The first-order valence-electron chi connectivity index (χ1n) is 5.85. The Balaban J connectivity index is 2.26. The zero-order valence-electron chi connectivity index (χ0n) is 10.3. The smallest absolute Gasteiger partial charge is 0.238 e. The predicted molar refractivity (Wildman–Crippen MR) is 64.6 cm³/mol. The zero-order chi connectivity index (χ0) is 14.9. The van der Waals surface area contributed by atoms with Crippen molar-refractivity contribution in [3.05, 3.63) is 29.6 Å². The van der Waals surface area contributed by atoms with E-state index in [0.29, 0.717) is 25.3 Å². The van der Waals surface area contributed by atoms with Crippen molar-refractivity contribution in [3.63, 3.8) is 0 Å². The van der Waals surface area contributed by atoms with Gasteiger partial charge in [0.05, 0.1) is 5.69 Å². The third-order valence-corrected chi connectivity index (χ3v) is 3.52. The number of hydrogen-bond acceptors (Lipinski definition) is 3. The van der Waals surface area contributed by atoms with Crippen molar-refractivity contribution in [2.75, 3.05) is 5.32 Å². The van der Waals surface area contributed by atoms with Gasteiger partial charge in [0, 0.05) is 0 Å². The van der Waals surface area contributed by atoms with E-state index in [9.17, 15) is 18.0 Å². The number of carbonyl (C=O) groups is 1. The largest absolute Gasteiger partial charge is 0.409 e. The fraction of sp³-hybridized carbons (Fsp3) is 0.333. The molecule has 2 rings (SSSR count). The Kier molecular flexibility index (Phi) is 3.56. The van der Waals surface area contributed by atoms with Gasteiger partial charge in [0.1, 0.15) is 5.41 Å². The third kappa shape index (κ3) is 2.06. The molecule has 8 heteroatoms. The molecule has 0 aromatic heterocycles. The van der Waals surface area contributed by atoms with E-state index in [-0.39, 0.29) is 5.84 Å². The molecule has 1 fully saturated rings. The van der Waals surface area contributed by atoms with Gasteiger partial charge >= 0.3 is 0 Å². The molecule has 20 heavy (non-hydrogen) atoms. The minimum atomic E-state index is -1.67. The van der Waals surface area contributed by atoms with Gasteiger partial charge in [-0.2, -0.15) is 0 Å². The van der Waals surface area contributed by atoms with Gasteiger partial charge in [-0.25, -0.2) is 13.2 Å². The topological polar surface area (TPSA) is 87.7 Å². The molecule has 0 aliphatic heterocycles. The molecule has 4 N–H and O–H groups in total. The second-order valence-electron chi connectivity index (χ2n) is 4.60. The Hall–Kier alpha value is -2.25. The Morgan fingerprint density at radius 2 is 1.95 bits per heavy atom. The van der Waals surface area contributed by atoms with Crippen LogP contribution in [0.3, 0.4) is 0 Å². The van der Waals surface area contributed by atoms with E-state index in [1.165, 1.54) is 0 Å². The highest BCUT2D eigenvalue weighted by molar-refractivity contribution is 6.12. The van der Waals surface area contributed by atoms with E-state index >= 15 is 0 Å². The van der Waals surface area contributed by atoms with Crippen LogP contribution in [0.1, 0.15) is 19.3 Å².